The molecule has 40 heavy (non-hydrogen) atoms. The smallest absolute Gasteiger partial charge is 0.246 e. The quantitative estimate of drug-likeness (QED) is 0.383. The highest BCUT2D eigenvalue weighted by Crippen LogP contribution is 2.39. The summed E-state index contributed by atoms with van der Waals surface area (Å²) in [6.07, 6.45) is 5.86. The van der Waals surface area contributed by atoms with Gasteiger partial charge in [0.05, 0.1) is 18.6 Å². The van der Waals surface area contributed by atoms with Gasteiger partial charge in [0, 0.05) is 30.2 Å². The molecular formula is C30H42ClN3O5S. The van der Waals surface area contributed by atoms with E-state index in [1.807, 2.05) is 12.1 Å². The zero-order chi connectivity index (χ0) is 28.7. The molecule has 0 bridgehead atoms. The second-order valence-corrected chi connectivity index (χ2v) is 13.5. The average molecular weight is 592 g/mol. The zero-order valence-electron chi connectivity index (χ0n) is 23.7. The van der Waals surface area contributed by atoms with Crippen LogP contribution in [0.3, 0.4) is 0 Å². The van der Waals surface area contributed by atoms with Crippen molar-refractivity contribution in [1.29, 1.82) is 0 Å². The van der Waals surface area contributed by atoms with Gasteiger partial charge in [-0.15, -0.1) is 0 Å². The number of amides is 1. The van der Waals surface area contributed by atoms with Crippen molar-refractivity contribution in [3.05, 3.63) is 59.1 Å². The Balaban J connectivity index is 1.19. The Morgan fingerprint density at radius 1 is 1.05 bits per heavy atom. The van der Waals surface area contributed by atoms with Crippen molar-refractivity contribution in [2.75, 3.05) is 47.5 Å². The molecule has 8 nitrogen and oxygen atoms in total. The lowest BCUT2D eigenvalue weighted by molar-refractivity contribution is -0.126. The fourth-order valence-corrected chi connectivity index (χ4v) is 7.94. The van der Waals surface area contributed by atoms with E-state index in [0.29, 0.717) is 43.1 Å². The largest absolute Gasteiger partial charge is 0.497 e. The van der Waals surface area contributed by atoms with Crippen molar-refractivity contribution in [1.82, 2.24) is 14.5 Å². The van der Waals surface area contributed by atoms with Crippen molar-refractivity contribution in [3.8, 4) is 5.75 Å². The number of carbonyl (C=O) groups excluding carboxylic acids is 1. The number of rotatable bonds is 12. The lowest BCUT2D eigenvalue weighted by Crippen LogP contribution is -2.39. The summed E-state index contributed by atoms with van der Waals surface area (Å²) in [6, 6.07) is 14.6. The Hall–Kier alpha value is -2.17. The summed E-state index contributed by atoms with van der Waals surface area (Å²) in [5, 5.41) is 3.78. The van der Waals surface area contributed by atoms with Crippen molar-refractivity contribution in [2.45, 2.75) is 55.5 Å². The molecule has 0 radical (unpaired) electrons. The number of hydrogen-bond acceptors (Lipinski definition) is 6. The third-order valence-corrected chi connectivity index (χ3v) is 10.4. The highest BCUT2D eigenvalue weighted by Gasteiger charge is 2.35. The fourth-order valence-electron chi connectivity index (χ4n) is 6.13. The van der Waals surface area contributed by atoms with Gasteiger partial charge in [-0.1, -0.05) is 23.7 Å². The zero-order valence-corrected chi connectivity index (χ0v) is 25.3. The van der Waals surface area contributed by atoms with E-state index in [2.05, 4.69) is 36.4 Å². The fraction of sp³-hybridized carbons (Fsp3) is 0.567. The van der Waals surface area contributed by atoms with Gasteiger partial charge in [-0.3, -0.25) is 4.79 Å². The summed E-state index contributed by atoms with van der Waals surface area (Å²) in [5.74, 6) is 1.47. The minimum absolute atomic E-state index is 0.0679. The maximum Gasteiger partial charge on any atom is 0.246 e. The van der Waals surface area contributed by atoms with Gasteiger partial charge in [0.1, 0.15) is 12.4 Å². The molecule has 220 valence electrons. The predicted octanol–water partition coefficient (Wildman–Crippen LogP) is 4.74. The third-order valence-electron chi connectivity index (χ3n) is 8.23. The number of methoxy groups -OCH3 is 1. The number of halogens is 1. The molecule has 1 saturated carbocycles. The second kappa shape index (κ2) is 14.1. The number of nitrogens with one attached hydrogen (secondary N) is 1. The maximum absolute atomic E-state index is 13.2. The molecule has 1 N–H and O–H groups in total. The normalized spacial score (nSPS) is 22.8. The van der Waals surface area contributed by atoms with E-state index in [4.69, 9.17) is 21.1 Å². The van der Waals surface area contributed by atoms with Gasteiger partial charge in [-0.25, -0.2) is 8.42 Å². The molecule has 1 aliphatic carbocycles. The van der Waals surface area contributed by atoms with Crippen LogP contribution in [0.2, 0.25) is 5.02 Å². The van der Waals surface area contributed by atoms with Gasteiger partial charge in [-0.2, -0.15) is 4.31 Å². The van der Waals surface area contributed by atoms with E-state index in [9.17, 15) is 13.2 Å². The molecule has 1 saturated heterocycles. The summed E-state index contributed by atoms with van der Waals surface area (Å²) >= 11 is 6.10. The van der Waals surface area contributed by atoms with Crippen LogP contribution in [0.5, 0.6) is 5.75 Å². The summed E-state index contributed by atoms with van der Waals surface area (Å²) in [6.45, 7) is 1.22. The molecule has 0 spiro atoms. The molecule has 10 heteroatoms. The molecule has 2 aliphatic rings. The van der Waals surface area contributed by atoms with Gasteiger partial charge >= 0.3 is 0 Å². The van der Waals surface area contributed by atoms with Gasteiger partial charge in [0.15, 0.2) is 0 Å². The van der Waals surface area contributed by atoms with Crippen LogP contribution in [0.15, 0.2) is 53.4 Å². The average Bonchev–Trinajstić information content (AvgIpc) is 3.43. The van der Waals surface area contributed by atoms with E-state index >= 15 is 0 Å². The standard InChI is InChI=1S/C30H42ClN3O5S/c1-33(2)30(24-10-12-25(31)13-11-24)23-8-6-22(7-9-23)19-32-29(35)21-39-20-26-5-4-18-34(26)40(36,37)28-16-14-27(38-3)15-17-28/h10-17,22-23,26,30H,4-9,18-21H2,1-3H3,(H,32,35). The Morgan fingerprint density at radius 2 is 1.73 bits per heavy atom. The number of carbonyl (C=O) groups is 1. The van der Waals surface area contributed by atoms with Crippen molar-refractivity contribution in [3.63, 3.8) is 0 Å². The molecular weight excluding hydrogens is 550 g/mol. The summed E-state index contributed by atoms with van der Waals surface area (Å²) < 4.78 is 38.6. The summed E-state index contributed by atoms with van der Waals surface area (Å²) in [5.41, 5.74) is 1.29. The van der Waals surface area contributed by atoms with Crippen LogP contribution in [-0.4, -0.2) is 77.1 Å². The Morgan fingerprint density at radius 3 is 2.35 bits per heavy atom. The Bertz CT molecular complexity index is 1200. The van der Waals surface area contributed by atoms with Crippen LogP contribution in [0, 0.1) is 11.8 Å². The summed E-state index contributed by atoms with van der Waals surface area (Å²) in [4.78, 5) is 15.0. The first kappa shape index (κ1) is 30.8. The van der Waals surface area contributed by atoms with Crippen LogP contribution >= 0.6 is 11.6 Å². The van der Waals surface area contributed by atoms with Crippen LogP contribution in [0.1, 0.15) is 50.1 Å². The first-order valence-corrected chi connectivity index (χ1v) is 15.9. The number of nitrogens with zero attached hydrogens (tertiary/aromatic N) is 2. The first-order chi connectivity index (χ1) is 19.2. The predicted molar refractivity (Wildman–Crippen MR) is 157 cm³/mol. The number of benzene rings is 2. The number of sulfonamides is 1. The van der Waals surface area contributed by atoms with Crippen LogP contribution < -0.4 is 10.1 Å². The van der Waals surface area contributed by atoms with Gasteiger partial charge in [0.25, 0.3) is 0 Å². The molecule has 4 rings (SSSR count). The molecule has 0 aromatic heterocycles. The lowest BCUT2D eigenvalue weighted by atomic mass is 9.76. The van der Waals surface area contributed by atoms with E-state index in [1.54, 1.807) is 31.4 Å². The van der Waals surface area contributed by atoms with E-state index < -0.39 is 10.0 Å². The second-order valence-electron chi connectivity index (χ2n) is 11.1. The summed E-state index contributed by atoms with van der Waals surface area (Å²) in [7, 11) is 2.17. The van der Waals surface area contributed by atoms with Gasteiger partial charge in [0.2, 0.25) is 15.9 Å². The van der Waals surface area contributed by atoms with Crippen LogP contribution in [0.4, 0.5) is 0 Å². The molecule has 2 atom stereocenters. The SMILES string of the molecule is COc1ccc(S(=O)(=O)N2CCCC2COCC(=O)NCC2CCC(C(c3ccc(Cl)cc3)N(C)C)CC2)cc1. The monoisotopic (exact) mass is 591 g/mol. The molecule has 2 fully saturated rings. The Kier molecular flexibility index (Phi) is 10.9. The van der Waals surface area contributed by atoms with E-state index in [0.717, 1.165) is 37.1 Å². The van der Waals surface area contributed by atoms with Gasteiger partial charge < -0.3 is 19.7 Å². The molecule has 1 amide bonds. The Labute approximate surface area is 244 Å². The number of hydrogen-bond donors (Lipinski definition) is 1. The molecule has 2 aromatic rings. The number of ether oxygens (including phenoxy) is 2. The van der Waals surface area contributed by atoms with E-state index in [-0.39, 0.29) is 30.1 Å². The molecule has 1 aliphatic heterocycles. The van der Waals surface area contributed by atoms with Gasteiger partial charge in [-0.05, 0) is 106 Å². The molecule has 1 heterocycles. The molecule has 2 unspecified atom stereocenters. The maximum atomic E-state index is 13.2. The van der Waals surface area contributed by atoms with Crippen molar-refractivity contribution < 1.29 is 22.7 Å². The van der Waals surface area contributed by atoms with Crippen LogP contribution in [-0.2, 0) is 19.6 Å². The minimum atomic E-state index is -3.64. The van der Waals surface area contributed by atoms with Crippen LogP contribution in [0.25, 0.3) is 0 Å². The lowest BCUT2D eigenvalue weighted by Gasteiger charge is -2.37. The topological polar surface area (TPSA) is 88.2 Å². The highest BCUT2D eigenvalue weighted by molar-refractivity contribution is 7.89. The molecule has 2 aromatic carbocycles. The van der Waals surface area contributed by atoms with E-state index in [1.165, 1.54) is 9.87 Å². The third kappa shape index (κ3) is 7.76. The minimum Gasteiger partial charge on any atom is -0.497 e. The first-order valence-electron chi connectivity index (χ1n) is 14.1. The highest BCUT2D eigenvalue weighted by atomic mass is 35.5. The van der Waals surface area contributed by atoms with Crippen molar-refractivity contribution >= 4 is 27.5 Å². The van der Waals surface area contributed by atoms with Crippen molar-refractivity contribution in [2.24, 2.45) is 11.8 Å².